The Morgan fingerprint density at radius 3 is 2.67 bits per heavy atom. The number of ether oxygens (including phenoxy) is 1. The zero-order valence-electron chi connectivity index (χ0n) is 15.8. The minimum Gasteiger partial charge on any atom is -0.487 e. The Bertz CT molecular complexity index is 995. The normalized spacial score (nSPS) is 10.7. The molecule has 2 aromatic carbocycles. The van der Waals surface area contributed by atoms with E-state index in [2.05, 4.69) is 10.4 Å². The zero-order valence-corrected chi connectivity index (χ0v) is 16.6. The third-order valence-electron chi connectivity index (χ3n) is 4.42. The summed E-state index contributed by atoms with van der Waals surface area (Å²) >= 11 is 6.17. The number of nitrogens with one attached hydrogen (secondary N) is 1. The highest BCUT2D eigenvalue weighted by molar-refractivity contribution is 6.32. The molecular formula is C21H22ClN3O2. The molecule has 0 atom stereocenters. The lowest BCUT2D eigenvalue weighted by atomic mass is 10.1. The molecule has 0 saturated heterocycles. The number of aromatic nitrogens is 2. The fourth-order valence-corrected chi connectivity index (χ4v) is 3.00. The number of rotatable bonds is 5. The van der Waals surface area contributed by atoms with Gasteiger partial charge in [0.1, 0.15) is 12.4 Å². The Balaban J connectivity index is 1.73. The average Bonchev–Trinajstić information content (AvgIpc) is 2.88. The summed E-state index contributed by atoms with van der Waals surface area (Å²) in [5.41, 5.74) is 4.97. The van der Waals surface area contributed by atoms with Crippen LogP contribution in [-0.2, 0) is 13.7 Å². The van der Waals surface area contributed by atoms with E-state index in [1.54, 1.807) is 10.7 Å². The van der Waals surface area contributed by atoms with Crippen molar-refractivity contribution >= 4 is 23.2 Å². The Morgan fingerprint density at radius 2 is 1.96 bits per heavy atom. The van der Waals surface area contributed by atoms with Crippen LogP contribution in [0.4, 0.5) is 5.69 Å². The number of benzene rings is 2. The molecule has 0 saturated carbocycles. The number of halogens is 1. The average molecular weight is 384 g/mol. The van der Waals surface area contributed by atoms with Gasteiger partial charge in [0, 0.05) is 12.6 Å². The number of carbonyl (C=O) groups is 1. The molecule has 3 aromatic rings. The number of carbonyl (C=O) groups excluding carboxylic acids is 1. The molecule has 3 rings (SSSR count). The van der Waals surface area contributed by atoms with Gasteiger partial charge in [0.15, 0.2) is 0 Å². The molecule has 1 heterocycles. The van der Waals surface area contributed by atoms with Crippen molar-refractivity contribution in [3.8, 4) is 5.75 Å². The maximum Gasteiger partial charge on any atom is 0.255 e. The molecule has 1 aromatic heterocycles. The quantitative estimate of drug-likeness (QED) is 0.686. The molecule has 0 spiro atoms. The number of nitrogens with zero attached hydrogens (tertiary/aromatic N) is 2. The lowest BCUT2D eigenvalue weighted by Gasteiger charge is -2.10. The second-order valence-electron chi connectivity index (χ2n) is 6.55. The van der Waals surface area contributed by atoms with Gasteiger partial charge in [0.2, 0.25) is 0 Å². The summed E-state index contributed by atoms with van der Waals surface area (Å²) in [6, 6.07) is 13.0. The van der Waals surface area contributed by atoms with Crippen molar-refractivity contribution in [3.05, 3.63) is 75.6 Å². The Kier molecular flexibility index (Phi) is 5.51. The summed E-state index contributed by atoms with van der Waals surface area (Å²) in [6.07, 6.45) is 0. The third kappa shape index (κ3) is 4.31. The second kappa shape index (κ2) is 7.84. The Morgan fingerprint density at radius 1 is 1.19 bits per heavy atom. The van der Waals surface area contributed by atoms with Gasteiger partial charge in [-0.05, 0) is 56.2 Å². The topological polar surface area (TPSA) is 56.1 Å². The Hall–Kier alpha value is -2.79. The van der Waals surface area contributed by atoms with Gasteiger partial charge in [-0.25, -0.2) is 0 Å². The number of amides is 1. The van der Waals surface area contributed by atoms with Crippen LogP contribution in [0.5, 0.6) is 5.75 Å². The molecule has 0 aliphatic carbocycles. The van der Waals surface area contributed by atoms with Crippen LogP contribution in [0.3, 0.4) is 0 Å². The maximum atomic E-state index is 12.6. The van der Waals surface area contributed by atoms with Crippen molar-refractivity contribution < 1.29 is 9.53 Å². The van der Waals surface area contributed by atoms with Crippen molar-refractivity contribution in [3.63, 3.8) is 0 Å². The van der Waals surface area contributed by atoms with Gasteiger partial charge < -0.3 is 10.1 Å². The molecular weight excluding hydrogens is 362 g/mol. The molecule has 140 valence electrons. The van der Waals surface area contributed by atoms with E-state index in [1.807, 2.05) is 64.2 Å². The highest BCUT2D eigenvalue weighted by Gasteiger charge is 2.14. The van der Waals surface area contributed by atoms with E-state index >= 15 is 0 Å². The van der Waals surface area contributed by atoms with Gasteiger partial charge in [-0.1, -0.05) is 29.8 Å². The van der Waals surface area contributed by atoms with E-state index in [-0.39, 0.29) is 5.91 Å². The van der Waals surface area contributed by atoms with Gasteiger partial charge in [-0.15, -0.1) is 0 Å². The van der Waals surface area contributed by atoms with Crippen molar-refractivity contribution in [2.24, 2.45) is 7.05 Å². The van der Waals surface area contributed by atoms with Crippen LogP contribution < -0.4 is 10.1 Å². The summed E-state index contributed by atoms with van der Waals surface area (Å²) in [5.74, 6) is 0.456. The molecule has 0 unspecified atom stereocenters. The van der Waals surface area contributed by atoms with Gasteiger partial charge in [-0.3, -0.25) is 9.48 Å². The van der Waals surface area contributed by atoms with E-state index in [9.17, 15) is 4.79 Å². The van der Waals surface area contributed by atoms with Crippen LogP contribution in [0.15, 0.2) is 42.5 Å². The maximum absolute atomic E-state index is 12.6. The van der Waals surface area contributed by atoms with E-state index in [4.69, 9.17) is 16.3 Å². The molecule has 27 heavy (non-hydrogen) atoms. The number of aryl methyl sites for hydroxylation is 3. The van der Waals surface area contributed by atoms with E-state index in [1.165, 1.54) is 0 Å². The molecule has 5 nitrogen and oxygen atoms in total. The highest BCUT2D eigenvalue weighted by atomic mass is 35.5. The fraction of sp³-hybridized carbons (Fsp3) is 0.238. The molecule has 0 bridgehead atoms. The minimum absolute atomic E-state index is 0.176. The van der Waals surface area contributed by atoms with Crippen LogP contribution in [-0.4, -0.2) is 15.7 Å². The predicted molar refractivity (Wildman–Crippen MR) is 108 cm³/mol. The molecule has 0 radical (unpaired) electrons. The number of hydrogen-bond acceptors (Lipinski definition) is 3. The fourth-order valence-electron chi connectivity index (χ4n) is 2.82. The zero-order chi connectivity index (χ0) is 19.6. The van der Waals surface area contributed by atoms with E-state index < -0.39 is 0 Å². The monoisotopic (exact) mass is 383 g/mol. The van der Waals surface area contributed by atoms with Crippen molar-refractivity contribution in [2.45, 2.75) is 27.4 Å². The standard InChI is InChI=1S/C21H22ClN3O2/c1-13-8-9-18(22)19(10-13)27-12-16-6-5-7-17(11-16)21(26)23-20-14(2)24-25(4)15(20)3/h5-11H,12H2,1-4H3,(H,23,26). The van der Waals surface area contributed by atoms with E-state index in [0.29, 0.717) is 22.9 Å². The molecule has 0 aliphatic rings. The lowest BCUT2D eigenvalue weighted by molar-refractivity contribution is 0.102. The van der Waals surface area contributed by atoms with Crippen LogP contribution in [0.1, 0.15) is 32.9 Å². The van der Waals surface area contributed by atoms with Crippen LogP contribution >= 0.6 is 11.6 Å². The van der Waals surface area contributed by atoms with Gasteiger partial charge in [-0.2, -0.15) is 5.10 Å². The smallest absolute Gasteiger partial charge is 0.255 e. The third-order valence-corrected chi connectivity index (χ3v) is 4.73. The predicted octanol–water partition coefficient (Wildman–Crippen LogP) is 4.83. The van der Waals surface area contributed by atoms with Crippen LogP contribution in [0, 0.1) is 20.8 Å². The molecule has 1 N–H and O–H groups in total. The largest absolute Gasteiger partial charge is 0.487 e. The van der Waals surface area contributed by atoms with Crippen molar-refractivity contribution in [1.82, 2.24) is 9.78 Å². The van der Waals surface area contributed by atoms with Gasteiger partial charge >= 0.3 is 0 Å². The summed E-state index contributed by atoms with van der Waals surface area (Å²) < 4.78 is 7.57. The SMILES string of the molecule is Cc1ccc(Cl)c(OCc2cccc(C(=O)Nc3c(C)nn(C)c3C)c2)c1. The van der Waals surface area contributed by atoms with Crippen LogP contribution in [0.2, 0.25) is 5.02 Å². The molecule has 0 aliphatic heterocycles. The van der Waals surface area contributed by atoms with E-state index in [0.717, 1.165) is 28.2 Å². The van der Waals surface area contributed by atoms with Gasteiger partial charge in [0.05, 0.1) is 22.1 Å². The van der Waals surface area contributed by atoms with Gasteiger partial charge in [0.25, 0.3) is 5.91 Å². The first-order valence-corrected chi connectivity index (χ1v) is 9.02. The highest BCUT2D eigenvalue weighted by Crippen LogP contribution is 2.26. The summed E-state index contributed by atoms with van der Waals surface area (Å²) in [7, 11) is 1.85. The van der Waals surface area contributed by atoms with Crippen molar-refractivity contribution in [1.29, 1.82) is 0 Å². The summed E-state index contributed by atoms with van der Waals surface area (Å²) in [5, 5.41) is 7.84. The second-order valence-corrected chi connectivity index (χ2v) is 6.95. The summed E-state index contributed by atoms with van der Waals surface area (Å²) in [4.78, 5) is 12.6. The van der Waals surface area contributed by atoms with Crippen LogP contribution in [0.25, 0.3) is 0 Å². The lowest BCUT2D eigenvalue weighted by Crippen LogP contribution is -2.13. The molecule has 0 fully saturated rings. The first-order chi connectivity index (χ1) is 12.8. The molecule has 6 heteroatoms. The number of anilines is 1. The Labute approximate surface area is 163 Å². The summed E-state index contributed by atoms with van der Waals surface area (Å²) in [6.45, 7) is 6.11. The first kappa shape index (κ1) is 19.0. The number of hydrogen-bond donors (Lipinski definition) is 1. The molecule has 1 amide bonds. The minimum atomic E-state index is -0.176. The first-order valence-electron chi connectivity index (χ1n) is 8.64. The van der Waals surface area contributed by atoms with Crippen molar-refractivity contribution in [2.75, 3.05) is 5.32 Å².